The highest BCUT2D eigenvalue weighted by atomic mass is 16.5. The van der Waals surface area contributed by atoms with Crippen LogP contribution in [0, 0.1) is 13.8 Å². The first-order valence-electron chi connectivity index (χ1n) is 3.06. The van der Waals surface area contributed by atoms with Crippen molar-refractivity contribution in [3.8, 4) is 5.75 Å². The fourth-order valence-corrected chi connectivity index (χ4v) is 0.729. The summed E-state index contributed by atoms with van der Waals surface area (Å²) in [7, 11) is 1.64. The highest BCUT2D eigenvalue weighted by molar-refractivity contribution is 5.38. The van der Waals surface area contributed by atoms with Crippen LogP contribution in [0.25, 0.3) is 0 Å². The molecular weight excluding hydrogens is 124 g/mol. The molecule has 0 aliphatic rings. The lowest BCUT2D eigenvalue weighted by Crippen LogP contribution is -1.85. The Morgan fingerprint density at radius 2 is 1.90 bits per heavy atom. The van der Waals surface area contributed by atoms with E-state index in [-0.39, 0.29) is 0 Å². The van der Waals surface area contributed by atoms with Crippen LogP contribution in [0.3, 0.4) is 0 Å². The molecule has 1 nitrogen and oxygen atoms in total. The Kier molecular flexibility index (Phi) is 1.95. The lowest BCUT2D eigenvalue weighted by molar-refractivity contribution is 0.414. The van der Waals surface area contributed by atoms with Crippen LogP contribution in [-0.2, 0) is 0 Å². The molecule has 0 amide bonds. The summed E-state index contributed by atoms with van der Waals surface area (Å²) in [5.41, 5.74) is 1.86. The second-order valence-corrected chi connectivity index (χ2v) is 2.13. The number of methoxy groups -OCH3 is 1. The van der Waals surface area contributed by atoms with Crippen molar-refractivity contribution in [3.05, 3.63) is 43.2 Å². The molecular formula is C9H10O. The Morgan fingerprint density at radius 1 is 1.20 bits per heavy atom. The van der Waals surface area contributed by atoms with Gasteiger partial charge in [0.1, 0.15) is 5.75 Å². The summed E-state index contributed by atoms with van der Waals surface area (Å²) >= 11 is 0. The summed E-state index contributed by atoms with van der Waals surface area (Å²) in [6.07, 6.45) is 0. The van der Waals surface area contributed by atoms with Crippen LogP contribution in [0.1, 0.15) is 11.1 Å². The predicted octanol–water partition coefficient (Wildman–Crippen LogP) is 2.06. The second kappa shape index (κ2) is 2.74. The first kappa shape index (κ1) is 7.13. The largest absolute Gasteiger partial charge is 0.497 e. The van der Waals surface area contributed by atoms with E-state index in [0.717, 1.165) is 16.9 Å². The van der Waals surface area contributed by atoms with Gasteiger partial charge in [-0.25, -0.2) is 0 Å². The summed E-state index contributed by atoms with van der Waals surface area (Å²) in [6, 6.07) is 5.63. The van der Waals surface area contributed by atoms with Gasteiger partial charge in [0.05, 0.1) is 7.11 Å². The maximum absolute atomic E-state index is 4.98. The van der Waals surface area contributed by atoms with E-state index in [1.807, 2.05) is 18.2 Å². The number of hydrogen-bond donors (Lipinski definition) is 0. The third-order valence-electron chi connectivity index (χ3n) is 1.41. The zero-order valence-corrected chi connectivity index (χ0v) is 6.05. The highest BCUT2D eigenvalue weighted by Gasteiger charge is 1.93. The summed E-state index contributed by atoms with van der Waals surface area (Å²) in [5, 5.41) is 0. The molecule has 52 valence electrons. The zero-order chi connectivity index (χ0) is 7.56. The topological polar surface area (TPSA) is 9.23 Å². The lowest BCUT2D eigenvalue weighted by Gasteiger charge is -2.02. The van der Waals surface area contributed by atoms with Gasteiger partial charge in [0, 0.05) is 0 Å². The van der Waals surface area contributed by atoms with Gasteiger partial charge in [0.2, 0.25) is 0 Å². The molecule has 0 spiro atoms. The van der Waals surface area contributed by atoms with E-state index in [4.69, 9.17) is 4.74 Å². The Morgan fingerprint density at radius 3 is 2.40 bits per heavy atom. The van der Waals surface area contributed by atoms with E-state index < -0.39 is 0 Å². The predicted molar refractivity (Wildman–Crippen MR) is 41.9 cm³/mol. The summed E-state index contributed by atoms with van der Waals surface area (Å²) < 4.78 is 4.98. The molecule has 0 atom stereocenters. The summed E-state index contributed by atoms with van der Waals surface area (Å²) in [5.74, 6) is 0.831. The normalized spacial score (nSPS) is 9.50. The van der Waals surface area contributed by atoms with Gasteiger partial charge >= 0.3 is 0 Å². The molecule has 0 aliphatic carbocycles. The summed E-state index contributed by atoms with van der Waals surface area (Å²) in [4.78, 5) is 0. The minimum Gasteiger partial charge on any atom is -0.497 e. The van der Waals surface area contributed by atoms with Gasteiger partial charge in [0.25, 0.3) is 0 Å². The maximum atomic E-state index is 4.98. The molecule has 0 saturated heterocycles. The van der Waals surface area contributed by atoms with Gasteiger partial charge in [-0.2, -0.15) is 0 Å². The Balaban J connectivity index is 3.04. The number of benzene rings is 1. The molecule has 0 aromatic heterocycles. The van der Waals surface area contributed by atoms with Crippen LogP contribution in [0.2, 0.25) is 0 Å². The maximum Gasteiger partial charge on any atom is 0.119 e. The molecule has 0 aliphatic heterocycles. The van der Waals surface area contributed by atoms with Crippen LogP contribution in [-0.4, -0.2) is 7.11 Å². The van der Waals surface area contributed by atoms with E-state index in [1.54, 1.807) is 7.11 Å². The minimum absolute atomic E-state index is 0.831. The molecule has 0 heterocycles. The fraction of sp³-hybridized carbons (Fsp3) is 0.111. The molecule has 1 heteroatoms. The molecule has 0 saturated carbocycles. The van der Waals surface area contributed by atoms with Crippen molar-refractivity contribution in [1.82, 2.24) is 0 Å². The molecule has 0 fully saturated rings. The van der Waals surface area contributed by atoms with Crippen molar-refractivity contribution in [2.75, 3.05) is 7.11 Å². The SMILES string of the molecule is [CH2]c1ccc(OC)cc1[CH2]. The Labute approximate surface area is 61.6 Å². The number of hydrogen-bond acceptors (Lipinski definition) is 1. The fourth-order valence-electron chi connectivity index (χ4n) is 0.729. The van der Waals surface area contributed by atoms with Crippen LogP contribution in [0.15, 0.2) is 18.2 Å². The van der Waals surface area contributed by atoms with Gasteiger partial charge < -0.3 is 4.74 Å². The van der Waals surface area contributed by atoms with Gasteiger partial charge in [0.15, 0.2) is 0 Å². The van der Waals surface area contributed by atoms with Crippen LogP contribution in [0.4, 0.5) is 0 Å². The number of rotatable bonds is 1. The van der Waals surface area contributed by atoms with E-state index in [1.165, 1.54) is 0 Å². The van der Waals surface area contributed by atoms with E-state index in [0.29, 0.717) is 0 Å². The standard InChI is InChI=1S/C9H10O/c1-7-4-5-9(10-3)6-8(7)2/h4-6H,1-2H2,3H3. The molecule has 10 heavy (non-hydrogen) atoms. The smallest absolute Gasteiger partial charge is 0.119 e. The van der Waals surface area contributed by atoms with Crippen LogP contribution in [0.5, 0.6) is 5.75 Å². The third-order valence-corrected chi connectivity index (χ3v) is 1.41. The van der Waals surface area contributed by atoms with Gasteiger partial charge in [-0.3, -0.25) is 0 Å². The molecule has 1 aromatic carbocycles. The van der Waals surface area contributed by atoms with Crippen molar-refractivity contribution in [3.63, 3.8) is 0 Å². The quantitative estimate of drug-likeness (QED) is 0.571. The lowest BCUT2D eigenvalue weighted by atomic mass is 10.1. The van der Waals surface area contributed by atoms with Crippen molar-refractivity contribution < 1.29 is 4.74 Å². The van der Waals surface area contributed by atoms with Crippen molar-refractivity contribution in [1.29, 1.82) is 0 Å². The van der Waals surface area contributed by atoms with Gasteiger partial charge in [-0.05, 0) is 37.1 Å². The second-order valence-electron chi connectivity index (χ2n) is 2.13. The summed E-state index contributed by atoms with van der Waals surface area (Å²) in [6.45, 7) is 7.56. The molecule has 2 radical (unpaired) electrons. The minimum atomic E-state index is 0.831. The van der Waals surface area contributed by atoms with Crippen LogP contribution < -0.4 is 4.74 Å². The molecule has 0 N–H and O–H groups in total. The van der Waals surface area contributed by atoms with Crippen molar-refractivity contribution in [2.45, 2.75) is 0 Å². The van der Waals surface area contributed by atoms with Crippen LogP contribution >= 0.6 is 0 Å². The zero-order valence-electron chi connectivity index (χ0n) is 6.05. The average Bonchev–Trinajstić information content (AvgIpc) is 1.95. The molecule has 0 unspecified atom stereocenters. The first-order chi connectivity index (χ1) is 4.74. The van der Waals surface area contributed by atoms with E-state index >= 15 is 0 Å². The molecule has 1 rings (SSSR count). The van der Waals surface area contributed by atoms with E-state index in [9.17, 15) is 0 Å². The van der Waals surface area contributed by atoms with E-state index in [2.05, 4.69) is 13.8 Å². The number of ether oxygens (including phenoxy) is 1. The Bertz CT molecular complexity index is 228. The highest BCUT2D eigenvalue weighted by Crippen LogP contribution is 2.15. The third kappa shape index (κ3) is 1.29. The first-order valence-corrected chi connectivity index (χ1v) is 3.06. The molecule has 0 bridgehead atoms. The average molecular weight is 134 g/mol. The van der Waals surface area contributed by atoms with Gasteiger partial charge in [-0.15, -0.1) is 0 Å². The monoisotopic (exact) mass is 134 g/mol. The van der Waals surface area contributed by atoms with Crippen molar-refractivity contribution in [2.24, 2.45) is 0 Å². The van der Waals surface area contributed by atoms with Gasteiger partial charge in [-0.1, -0.05) is 6.07 Å². The Hall–Kier alpha value is -0.980. The van der Waals surface area contributed by atoms with Crippen molar-refractivity contribution >= 4 is 0 Å². The molecule has 1 aromatic rings.